The van der Waals surface area contributed by atoms with Gasteiger partial charge in [0.25, 0.3) is 0 Å². The van der Waals surface area contributed by atoms with Crippen LogP contribution in [-0.2, 0) is 4.74 Å². The summed E-state index contributed by atoms with van der Waals surface area (Å²) < 4.78 is 5.49. The van der Waals surface area contributed by atoms with Crippen molar-refractivity contribution >= 4 is 18.1 Å². The molecule has 0 aliphatic carbocycles. The summed E-state index contributed by atoms with van der Waals surface area (Å²) in [6.07, 6.45) is 9.22. The van der Waals surface area contributed by atoms with Crippen LogP contribution in [0.15, 0.2) is 30.9 Å². The van der Waals surface area contributed by atoms with Gasteiger partial charge in [-0.05, 0) is 39.7 Å². The van der Waals surface area contributed by atoms with E-state index in [1.807, 2.05) is 20.8 Å². The van der Waals surface area contributed by atoms with Gasteiger partial charge in [-0.25, -0.2) is 14.8 Å². The average molecular weight is 397 g/mol. The number of rotatable bonds is 5. The van der Waals surface area contributed by atoms with E-state index in [-0.39, 0.29) is 12.1 Å². The molecule has 0 radical (unpaired) electrons. The van der Waals surface area contributed by atoms with Crippen LogP contribution in [0.25, 0.3) is 0 Å². The summed E-state index contributed by atoms with van der Waals surface area (Å²) in [5.41, 5.74) is 0.106. The first-order chi connectivity index (χ1) is 13.9. The van der Waals surface area contributed by atoms with E-state index < -0.39 is 11.5 Å². The molecule has 2 aromatic heterocycles. The number of nitrogens with one attached hydrogen (secondary N) is 2. The summed E-state index contributed by atoms with van der Waals surface area (Å²) >= 11 is 0. The van der Waals surface area contributed by atoms with Crippen LogP contribution in [0.2, 0.25) is 0 Å². The SMILES string of the molecule is CC(C)(C)OC(=O)N1CCCC(Nc2ccnc(C(C=N)c3cnccn3)n2)C1. The Kier molecular flexibility index (Phi) is 6.36. The highest BCUT2D eigenvalue weighted by molar-refractivity contribution is 5.68. The Hall–Kier alpha value is -3.10. The highest BCUT2D eigenvalue weighted by Gasteiger charge is 2.28. The van der Waals surface area contributed by atoms with Crippen LogP contribution in [-0.4, -0.2) is 61.9 Å². The van der Waals surface area contributed by atoms with Crippen molar-refractivity contribution < 1.29 is 9.53 Å². The van der Waals surface area contributed by atoms with Crippen molar-refractivity contribution in [1.82, 2.24) is 24.8 Å². The maximum Gasteiger partial charge on any atom is 0.410 e. The van der Waals surface area contributed by atoms with E-state index >= 15 is 0 Å². The number of nitrogens with zero attached hydrogens (tertiary/aromatic N) is 5. The number of hydrogen-bond donors (Lipinski definition) is 2. The highest BCUT2D eigenvalue weighted by atomic mass is 16.6. The van der Waals surface area contributed by atoms with E-state index in [1.54, 1.807) is 35.8 Å². The molecule has 9 heteroatoms. The van der Waals surface area contributed by atoms with Crippen molar-refractivity contribution in [2.45, 2.75) is 51.2 Å². The molecule has 2 unspecified atom stereocenters. The van der Waals surface area contributed by atoms with E-state index in [9.17, 15) is 4.79 Å². The van der Waals surface area contributed by atoms with Crippen molar-refractivity contribution in [1.29, 1.82) is 5.41 Å². The fourth-order valence-electron chi connectivity index (χ4n) is 3.16. The van der Waals surface area contributed by atoms with Crippen molar-refractivity contribution in [3.05, 3.63) is 42.4 Å². The third-order valence-electron chi connectivity index (χ3n) is 4.45. The maximum absolute atomic E-state index is 12.4. The van der Waals surface area contributed by atoms with Gasteiger partial charge in [-0.2, -0.15) is 0 Å². The first kappa shape index (κ1) is 20.6. The van der Waals surface area contributed by atoms with Gasteiger partial charge in [-0.15, -0.1) is 0 Å². The maximum atomic E-state index is 12.4. The summed E-state index contributed by atoms with van der Waals surface area (Å²) in [6.45, 7) is 6.83. The molecule has 3 rings (SSSR count). The minimum absolute atomic E-state index is 0.0639. The fraction of sp³-hybridized carbons (Fsp3) is 0.500. The molecule has 1 aliphatic rings. The molecule has 3 heterocycles. The number of amides is 1. The first-order valence-electron chi connectivity index (χ1n) is 9.69. The van der Waals surface area contributed by atoms with Gasteiger partial charge in [0, 0.05) is 50.1 Å². The molecular formula is C20H27N7O2. The number of anilines is 1. The van der Waals surface area contributed by atoms with Gasteiger partial charge in [0.1, 0.15) is 17.2 Å². The molecule has 0 bridgehead atoms. The molecule has 1 saturated heterocycles. The molecule has 1 aliphatic heterocycles. The molecule has 1 amide bonds. The molecule has 154 valence electrons. The zero-order valence-electron chi connectivity index (χ0n) is 17.0. The third kappa shape index (κ3) is 5.69. The van der Waals surface area contributed by atoms with Gasteiger partial charge in [0.05, 0.1) is 11.6 Å². The third-order valence-corrected chi connectivity index (χ3v) is 4.45. The minimum Gasteiger partial charge on any atom is -0.444 e. The normalized spacial score (nSPS) is 18.0. The summed E-state index contributed by atoms with van der Waals surface area (Å²) in [5, 5.41) is 11.1. The fourth-order valence-corrected chi connectivity index (χ4v) is 3.16. The summed E-state index contributed by atoms with van der Waals surface area (Å²) in [6, 6.07) is 1.85. The Labute approximate surface area is 170 Å². The Morgan fingerprint density at radius 1 is 1.34 bits per heavy atom. The van der Waals surface area contributed by atoms with Crippen LogP contribution < -0.4 is 5.32 Å². The molecule has 1 fully saturated rings. The van der Waals surface area contributed by atoms with Gasteiger partial charge in [-0.1, -0.05) is 0 Å². The average Bonchev–Trinajstić information content (AvgIpc) is 2.69. The van der Waals surface area contributed by atoms with Crippen LogP contribution in [0.4, 0.5) is 10.6 Å². The van der Waals surface area contributed by atoms with Crippen LogP contribution in [0.1, 0.15) is 51.0 Å². The van der Waals surface area contributed by atoms with Crippen molar-refractivity contribution in [2.24, 2.45) is 0 Å². The van der Waals surface area contributed by atoms with Crippen LogP contribution >= 0.6 is 0 Å². The second-order valence-corrected chi connectivity index (χ2v) is 7.98. The van der Waals surface area contributed by atoms with Gasteiger partial charge in [0.15, 0.2) is 0 Å². The number of hydrogen-bond acceptors (Lipinski definition) is 8. The van der Waals surface area contributed by atoms with Gasteiger partial charge >= 0.3 is 6.09 Å². The Bertz CT molecular complexity index is 838. The van der Waals surface area contributed by atoms with Crippen molar-refractivity contribution in [3.63, 3.8) is 0 Å². The number of carbonyl (C=O) groups excluding carboxylic acids is 1. The standard InChI is InChI=1S/C20H27N7O2/c1-20(2,3)29-19(28)27-10-4-5-14(13-27)25-17-6-7-24-18(26-17)15(11-21)16-12-22-8-9-23-16/h6-9,11-12,14-15,21H,4-5,10,13H2,1-3H3,(H,24,25,26). The second-order valence-electron chi connectivity index (χ2n) is 7.98. The molecule has 2 atom stereocenters. The monoisotopic (exact) mass is 397 g/mol. The van der Waals surface area contributed by atoms with Crippen molar-refractivity contribution in [2.75, 3.05) is 18.4 Å². The lowest BCUT2D eigenvalue weighted by atomic mass is 10.1. The number of ether oxygens (including phenoxy) is 1. The van der Waals surface area contributed by atoms with Crippen LogP contribution in [0.3, 0.4) is 0 Å². The Balaban J connectivity index is 1.68. The number of carbonyl (C=O) groups is 1. The summed E-state index contributed by atoms with van der Waals surface area (Å²) in [4.78, 5) is 31.3. The molecule has 9 nitrogen and oxygen atoms in total. The molecule has 0 spiro atoms. The topological polar surface area (TPSA) is 117 Å². The molecule has 2 aromatic rings. The van der Waals surface area contributed by atoms with Crippen molar-refractivity contribution in [3.8, 4) is 0 Å². The van der Waals surface area contributed by atoms with Gasteiger partial charge in [0.2, 0.25) is 0 Å². The second kappa shape index (κ2) is 8.93. The van der Waals surface area contributed by atoms with E-state index in [1.165, 1.54) is 6.21 Å². The predicted octanol–water partition coefficient (Wildman–Crippen LogP) is 2.86. The van der Waals surface area contributed by atoms with Crippen LogP contribution in [0, 0.1) is 5.41 Å². The molecule has 29 heavy (non-hydrogen) atoms. The lowest BCUT2D eigenvalue weighted by Gasteiger charge is -2.34. The molecule has 0 aromatic carbocycles. The van der Waals surface area contributed by atoms with E-state index in [0.29, 0.717) is 30.4 Å². The van der Waals surface area contributed by atoms with E-state index in [4.69, 9.17) is 10.1 Å². The quantitative estimate of drug-likeness (QED) is 0.745. The summed E-state index contributed by atoms with van der Waals surface area (Å²) in [7, 11) is 0. The van der Waals surface area contributed by atoms with Gasteiger partial charge in [-0.3, -0.25) is 9.97 Å². The molecule has 0 saturated carbocycles. The smallest absolute Gasteiger partial charge is 0.410 e. The van der Waals surface area contributed by atoms with E-state index in [2.05, 4.69) is 25.3 Å². The lowest BCUT2D eigenvalue weighted by Crippen LogP contribution is -2.47. The number of likely N-dealkylation sites (tertiary alicyclic amines) is 1. The zero-order valence-corrected chi connectivity index (χ0v) is 17.0. The minimum atomic E-state index is -0.513. The zero-order chi connectivity index (χ0) is 20.9. The van der Waals surface area contributed by atoms with Crippen LogP contribution in [0.5, 0.6) is 0 Å². The highest BCUT2D eigenvalue weighted by Crippen LogP contribution is 2.20. The Morgan fingerprint density at radius 3 is 2.86 bits per heavy atom. The number of aromatic nitrogens is 4. The van der Waals surface area contributed by atoms with E-state index in [0.717, 1.165) is 12.8 Å². The largest absolute Gasteiger partial charge is 0.444 e. The number of piperidine rings is 1. The molecule has 2 N–H and O–H groups in total. The Morgan fingerprint density at radius 2 is 2.17 bits per heavy atom. The first-order valence-corrected chi connectivity index (χ1v) is 9.69. The lowest BCUT2D eigenvalue weighted by molar-refractivity contribution is 0.0206. The van der Waals surface area contributed by atoms with Gasteiger partial charge < -0.3 is 20.4 Å². The molecular weight excluding hydrogens is 370 g/mol. The summed E-state index contributed by atoms with van der Waals surface area (Å²) in [5.74, 6) is 0.669. The predicted molar refractivity (Wildman–Crippen MR) is 109 cm³/mol.